The molecule has 1 aliphatic rings. The van der Waals surface area contributed by atoms with Gasteiger partial charge in [-0.2, -0.15) is 0 Å². The molecule has 0 bridgehead atoms. The maximum Gasteiger partial charge on any atom is 0.133 e. The second kappa shape index (κ2) is 8.17. The van der Waals surface area contributed by atoms with Crippen molar-refractivity contribution in [2.24, 2.45) is 0 Å². The Morgan fingerprint density at radius 3 is 2.62 bits per heavy atom. The van der Waals surface area contributed by atoms with E-state index < -0.39 is 0 Å². The first-order chi connectivity index (χ1) is 10.2. The lowest BCUT2D eigenvalue weighted by Gasteiger charge is -2.36. The molecule has 0 spiro atoms. The molecule has 0 aromatic carbocycles. The molecule has 0 saturated carbocycles. The SMILES string of the molecule is CCCCCCCCC[C@]1(C)CCCc2ccnc(Cl)c21. The molecule has 0 unspecified atom stereocenters. The molecule has 1 aromatic heterocycles. The fraction of sp³-hybridized carbons (Fsp3) is 0.737. The maximum atomic E-state index is 6.41. The summed E-state index contributed by atoms with van der Waals surface area (Å²) in [4.78, 5) is 4.33. The third kappa shape index (κ3) is 4.45. The van der Waals surface area contributed by atoms with Crippen LogP contribution in [0.5, 0.6) is 0 Å². The Labute approximate surface area is 135 Å². The van der Waals surface area contributed by atoms with Crippen LogP contribution < -0.4 is 0 Å². The topological polar surface area (TPSA) is 12.9 Å². The zero-order valence-corrected chi connectivity index (χ0v) is 14.5. The number of rotatable bonds is 8. The molecule has 0 N–H and O–H groups in total. The first-order valence-electron chi connectivity index (χ1n) is 8.81. The van der Waals surface area contributed by atoms with Crippen LogP contribution in [0.2, 0.25) is 5.15 Å². The van der Waals surface area contributed by atoms with E-state index in [9.17, 15) is 0 Å². The number of aromatic nitrogens is 1. The van der Waals surface area contributed by atoms with Crippen molar-refractivity contribution in [2.45, 2.75) is 89.9 Å². The van der Waals surface area contributed by atoms with Crippen molar-refractivity contribution in [1.82, 2.24) is 4.98 Å². The first kappa shape index (κ1) is 16.8. The Kier molecular flexibility index (Phi) is 6.54. The van der Waals surface area contributed by atoms with E-state index in [4.69, 9.17) is 11.6 Å². The summed E-state index contributed by atoms with van der Waals surface area (Å²) in [7, 11) is 0. The average Bonchev–Trinajstić information content (AvgIpc) is 2.46. The van der Waals surface area contributed by atoms with Crippen LogP contribution in [-0.2, 0) is 11.8 Å². The molecule has 0 amide bonds. The van der Waals surface area contributed by atoms with Crippen molar-refractivity contribution < 1.29 is 0 Å². The van der Waals surface area contributed by atoms with Crippen molar-refractivity contribution in [1.29, 1.82) is 0 Å². The molecule has 1 aliphatic carbocycles. The van der Waals surface area contributed by atoms with Crippen molar-refractivity contribution in [3.8, 4) is 0 Å². The van der Waals surface area contributed by atoms with Gasteiger partial charge in [-0.3, -0.25) is 0 Å². The lowest BCUT2D eigenvalue weighted by atomic mass is 9.69. The summed E-state index contributed by atoms with van der Waals surface area (Å²) in [5.74, 6) is 0. The van der Waals surface area contributed by atoms with Crippen molar-refractivity contribution in [3.63, 3.8) is 0 Å². The van der Waals surface area contributed by atoms with Crippen LogP contribution in [0.15, 0.2) is 12.3 Å². The highest BCUT2D eigenvalue weighted by Gasteiger charge is 2.33. The highest BCUT2D eigenvalue weighted by molar-refractivity contribution is 6.30. The highest BCUT2D eigenvalue weighted by Crippen LogP contribution is 2.43. The molecular weight excluding hydrogens is 278 g/mol. The monoisotopic (exact) mass is 307 g/mol. The summed E-state index contributed by atoms with van der Waals surface area (Å²) in [5.41, 5.74) is 3.04. The third-order valence-electron chi connectivity index (χ3n) is 5.10. The molecule has 0 saturated heterocycles. The molecule has 118 valence electrons. The van der Waals surface area contributed by atoms with Gasteiger partial charge in [0, 0.05) is 6.20 Å². The first-order valence-corrected chi connectivity index (χ1v) is 9.19. The summed E-state index contributed by atoms with van der Waals surface area (Å²) in [6, 6.07) is 2.17. The van der Waals surface area contributed by atoms with E-state index in [0.29, 0.717) is 0 Å². The van der Waals surface area contributed by atoms with Gasteiger partial charge < -0.3 is 0 Å². The second-order valence-corrected chi connectivity index (χ2v) is 7.28. The summed E-state index contributed by atoms with van der Waals surface area (Å²) in [6.07, 6.45) is 16.5. The van der Waals surface area contributed by atoms with Gasteiger partial charge in [0.05, 0.1) is 0 Å². The third-order valence-corrected chi connectivity index (χ3v) is 5.39. The van der Waals surface area contributed by atoms with Gasteiger partial charge in [0.25, 0.3) is 0 Å². The zero-order valence-electron chi connectivity index (χ0n) is 13.8. The summed E-state index contributed by atoms with van der Waals surface area (Å²) >= 11 is 6.41. The molecule has 1 nitrogen and oxygen atoms in total. The van der Waals surface area contributed by atoms with Gasteiger partial charge >= 0.3 is 0 Å². The van der Waals surface area contributed by atoms with E-state index in [-0.39, 0.29) is 5.41 Å². The van der Waals surface area contributed by atoms with Gasteiger partial charge in [0.2, 0.25) is 0 Å². The molecule has 1 aromatic rings. The molecule has 1 atom stereocenters. The molecule has 0 fully saturated rings. The van der Waals surface area contributed by atoms with E-state index in [1.807, 2.05) is 6.20 Å². The van der Waals surface area contributed by atoms with Crippen LogP contribution in [0.4, 0.5) is 0 Å². The minimum Gasteiger partial charge on any atom is -0.244 e. The largest absolute Gasteiger partial charge is 0.244 e. The average molecular weight is 308 g/mol. The zero-order chi connectivity index (χ0) is 15.1. The van der Waals surface area contributed by atoms with Gasteiger partial charge in [0.15, 0.2) is 0 Å². The number of nitrogens with zero attached hydrogens (tertiary/aromatic N) is 1. The Morgan fingerprint density at radius 2 is 1.86 bits per heavy atom. The minimum absolute atomic E-state index is 0.252. The fourth-order valence-electron chi connectivity index (χ4n) is 3.83. The number of pyridine rings is 1. The van der Waals surface area contributed by atoms with Crippen molar-refractivity contribution >= 4 is 11.6 Å². The van der Waals surface area contributed by atoms with Crippen molar-refractivity contribution in [2.75, 3.05) is 0 Å². The van der Waals surface area contributed by atoms with Crippen LogP contribution in [0.25, 0.3) is 0 Å². The quantitative estimate of drug-likeness (QED) is 0.396. The van der Waals surface area contributed by atoms with Crippen LogP contribution in [0.3, 0.4) is 0 Å². The van der Waals surface area contributed by atoms with Crippen LogP contribution in [0.1, 0.15) is 89.2 Å². The number of hydrogen-bond acceptors (Lipinski definition) is 1. The summed E-state index contributed by atoms with van der Waals surface area (Å²) in [6.45, 7) is 4.68. The number of halogens is 1. The Hall–Kier alpha value is -0.560. The fourth-order valence-corrected chi connectivity index (χ4v) is 4.24. The maximum absolute atomic E-state index is 6.41. The molecule has 2 heteroatoms. The lowest BCUT2D eigenvalue weighted by Crippen LogP contribution is -2.28. The summed E-state index contributed by atoms with van der Waals surface area (Å²) in [5, 5.41) is 0.748. The standard InChI is InChI=1S/C19H30ClN/c1-3-4-5-6-7-8-9-13-19(2)14-10-11-16-12-15-21-18(20)17(16)19/h12,15H,3-11,13-14H2,1-2H3/t19-/m1/s1. The van der Waals surface area contributed by atoms with E-state index in [1.165, 1.54) is 81.8 Å². The van der Waals surface area contributed by atoms with Crippen LogP contribution in [0, 0.1) is 0 Å². The van der Waals surface area contributed by atoms with E-state index in [0.717, 1.165) is 5.15 Å². The number of fused-ring (bicyclic) bond motifs is 1. The van der Waals surface area contributed by atoms with E-state index in [2.05, 4.69) is 24.9 Å². The summed E-state index contributed by atoms with van der Waals surface area (Å²) < 4.78 is 0. The normalized spacial score (nSPS) is 21.3. The van der Waals surface area contributed by atoms with Gasteiger partial charge in [-0.1, -0.05) is 70.4 Å². The number of hydrogen-bond donors (Lipinski definition) is 0. The number of aryl methyl sites for hydroxylation is 1. The van der Waals surface area contributed by atoms with Crippen molar-refractivity contribution in [3.05, 3.63) is 28.5 Å². The van der Waals surface area contributed by atoms with E-state index >= 15 is 0 Å². The minimum atomic E-state index is 0.252. The van der Waals surface area contributed by atoms with Gasteiger partial charge in [-0.25, -0.2) is 4.98 Å². The van der Waals surface area contributed by atoms with Crippen LogP contribution >= 0.6 is 11.6 Å². The Balaban J connectivity index is 1.86. The van der Waals surface area contributed by atoms with E-state index in [1.54, 1.807) is 0 Å². The predicted octanol–water partition coefficient (Wildman–Crippen LogP) is 6.47. The predicted molar refractivity (Wildman–Crippen MR) is 92.1 cm³/mol. The second-order valence-electron chi connectivity index (χ2n) is 6.92. The van der Waals surface area contributed by atoms with Gasteiger partial charge in [-0.05, 0) is 48.3 Å². The Bertz CT molecular complexity index is 443. The number of unbranched alkanes of at least 4 members (excludes halogenated alkanes) is 6. The van der Waals surface area contributed by atoms with Gasteiger partial charge in [-0.15, -0.1) is 0 Å². The molecule has 0 radical (unpaired) electrons. The Morgan fingerprint density at radius 1 is 1.14 bits per heavy atom. The highest BCUT2D eigenvalue weighted by atomic mass is 35.5. The van der Waals surface area contributed by atoms with Crippen LogP contribution in [-0.4, -0.2) is 4.98 Å². The molecule has 2 rings (SSSR count). The lowest BCUT2D eigenvalue weighted by molar-refractivity contribution is 0.349. The molecular formula is C19H30ClN. The molecule has 1 heterocycles. The van der Waals surface area contributed by atoms with Gasteiger partial charge in [0.1, 0.15) is 5.15 Å². The molecule has 0 aliphatic heterocycles. The molecule has 21 heavy (non-hydrogen) atoms. The smallest absolute Gasteiger partial charge is 0.133 e.